The van der Waals surface area contributed by atoms with Gasteiger partial charge in [0.25, 0.3) is 5.91 Å². The topological polar surface area (TPSA) is 81.2 Å². The van der Waals surface area contributed by atoms with Crippen molar-refractivity contribution in [3.63, 3.8) is 0 Å². The van der Waals surface area contributed by atoms with Gasteiger partial charge in [-0.3, -0.25) is 4.79 Å². The number of hydrogen-bond acceptors (Lipinski definition) is 6. The molecule has 0 aliphatic carbocycles. The van der Waals surface area contributed by atoms with Crippen molar-refractivity contribution in [2.45, 2.75) is 29.8 Å². The molecule has 2 aliphatic rings. The number of benzene rings is 1. The van der Waals surface area contributed by atoms with E-state index >= 15 is 0 Å². The van der Waals surface area contributed by atoms with E-state index in [2.05, 4.69) is 11.9 Å². The predicted molar refractivity (Wildman–Crippen MR) is 134 cm³/mol. The minimum atomic E-state index is -3.24. The van der Waals surface area contributed by atoms with Crippen molar-refractivity contribution in [2.75, 3.05) is 53.6 Å². The van der Waals surface area contributed by atoms with Gasteiger partial charge in [-0.25, -0.2) is 13.2 Å². The molecule has 0 bridgehead atoms. The van der Waals surface area contributed by atoms with E-state index in [0.717, 1.165) is 36.4 Å². The number of hydrogen-bond donors (Lipinski definition) is 0. The van der Waals surface area contributed by atoms with Crippen LogP contribution in [0.4, 0.5) is 4.79 Å². The molecule has 2 aliphatic heterocycles. The van der Waals surface area contributed by atoms with Gasteiger partial charge in [0.2, 0.25) is 0 Å². The fourth-order valence-electron chi connectivity index (χ4n) is 4.65. The Labute approximate surface area is 205 Å². The molecule has 2 saturated heterocycles. The van der Waals surface area contributed by atoms with Crippen LogP contribution in [-0.4, -0.2) is 106 Å². The Morgan fingerprint density at radius 3 is 2.21 bits per heavy atom. The van der Waals surface area contributed by atoms with E-state index < -0.39 is 9.84 Å². The number of sulfone groups is 1. The van der Waals surface area contributed by atoms with Gasteiger partial charge < -0.3 is 19.6 Å². The second-order valence-electron chi connectivity index (χ2n) is 9.36. The molecule has 0 spiro atoms. The zero-order chi connectivity index (χ0) is 24.6. The third-order valence-corrected chi connectivity index (χ3v) is 9.15. The van der Waals surface area contributed by atoms with Crippen molar-refractivity contribution in [2.24, 2.45) is 0 Å². The molecule has 2 aromatic rings. The summed E-state index contributed by atoms with van der Waals surface area (Å²) in [4.78, 5) is 35.6. The fraction of sp³-hybridized carbons (Fsp3) is 0.500. The molecule has 184 valence electrons. The van der Waals surface area contributed by atoms with Crippen molar-refractivity contribution in [3.8, 4) is 10.4 Å². The van der Waals surface area contributed by atoms with E-state index in [1.165, 1.54) is 17.6 Å². The number of amides is 3. The van der Waals surface area contributed by atoms with Gasteiger partial charge in [-0.05, 0) is 56.3 Å². The molecule has 3 amide bonds. The quantitative estimate of drug-likeness (QED) is 0.626. The number of likely N-dealkylation sites (tertiary alicyclic amines) is 2. The highest BCUT2D eigenvalue weighted by Gasteiger charge is 2.35. The van der Waals surface area contributed by atoms with Gasteiger partial charge in [0.05, 0.1) is 15.8 Å². The Kier molecular flexibility index (Phi) is 7.02. The summed E-state index contributed by atoms with van der Waals surface area (Å²) in [7, 11) is 2.51. The number of rotatable bonds is 5. The number of nitrogens with zero attached hydrogens (tertiary/aromatic N) is 4. The largest absolute Gasteiger partial charge is 0.336 e. The molecule has 10 heteroatoms. The summed E-state index contributed by atoms with van der Waals surface area (Å²) in [6.07, 6.45) is 2.94. The van der Waals surface area contributed by atoms with E-state index in [9.17, 15) is 18.0 Å². The van der Waals surface area contributed by atoms with Crippen LogP contribution in [0.5, 0.6) is 0 Å². The fourth-order valence-corrected chi connectivity index (χ4v) is 6.28. The van der Waals surface area contributed by atoms with Crippen LogP contribution in [-0.2, 0) is 9.84 Å². The molecule has 0 radical (unpaired) electrons. The third-order valence-electron chi connectivity index (χ3n) is 6.90. The highest BCUT2D eigenvalue weighted by molar-refractivity contribution is 7.90. The number of likely N-dealkylation sites (N-methyl/N-ethyl adjacent to an activating group) is 3. The zero-order valence-corrected chi connectivity index (χ0v) is 21.7. The summed E-state index contributed by atoms with van der Waals surface area (Å²) in [5, 5.41) is 0. The standard InChI is InChI=1S/C24H32N4O4S2/c1-25-13-11-18(15-25)27(3)24(30)28-14-12-19(16-28)26(2)23(29)22-10-9-21(33-22)17-5-7-20(8-6-17)34(4,31)32/h5-10,18-19H,11-16H2,1-4H3/t18-,19+/m1/s1. The second-order valence-corrected chi connectivity index (χ2v) is 12.5. The van der Waals surface area contributed by atoms with Crippen LogP contribution in [0.1, 0.15) is 22.5 Å². The maximum atomic E-state index is 13.2. The molecular formula is C24H32N4O4S2. The van der Waals surface area contributed by atoms with E-state index in [1.54, 1.807) is 36.2 Å². The summed E-state index contributed by atoms with van der Waals surface area (Å²) in [6, 6.07) is 10.7. The summed E-state index contributed by atoms with van der Waals surface area (Å²) >= 11 is 1.39. The lowest BCUT2D eigenvalue weighted by molar-refractivity contribution is 0.0739. The zero-order valence-electron chi connectivity index (χ0n) is 20.1. The average molecular weight is 505 g/mol. The lowest BCUT2D eigenvalue weighted by Crippen LogP contribution is -2.47. The average Bonchev–Trinajstić information content (AvgIpc) is 3.57. The third kappa shape index (κ3) is 5.13. The predicted octanol–water partition coefficient (Wildman–Crippen LogP) is 2.72. The van der Waals surface area contributed by atoms with Crippen LogP contribution in [0.3, 0.4) is 0 Å². The van der Waals surface area contributed by atoms with Gasteiger partial charge >= 0.3 is 6.03 Å². The first-order valence-electron chi connectivity index (χ1n) is 11.4. The summed E-state index contributed by atoms with van der Waals surface area (Å²) in [5.41, 5.74) is 0.873. The van der Waals surface area contributed by atoms with Crippen molar-refractivity contribution in [3.05, 3.63) is 41.3 Å². The lowest BCUT2D eigenvalue weighted by Gasteiger charge is -2.30. The molecule has 3 heterocycles. The summed E-state index contributed by atoms with van der Waals surface area (Å²) in [6.45, 7) is 3.10. The van der Waals surface area contributed by atoms with Gasteiger partial charge in [-0.15, -0.1) is 11.3 Å². The van der Waals surface area contributed by atoms with E-state index in [1.807, 2.05) is 29.0 Å². The maximum absolute atomic E-state index is 13.2. The first-order chi connectivity index (χ1) is 16.0. The minimum absolute atomic E-state index is 0.0179. The van der Waals surface area contributed by atoms with Gasteiger partial charge in [0.1, 0.15) is 0 Å². The smallest absolute Gasteiger partial charge is 0.320 e. The van der Waals surface area contributed by atoms with Crippen molar-refractivity contribution in [1.82, 2.24) is 19.6 Å². The Bertz CT molecular complexity index is 1160. The minimum Gasteiger partial charge on any atom is -0.336 e. The Hall–Kier alpha value is -2.43. The molecule has 2 atom stereocenters. The molecule has 1 aromatic carbocycles. The number of thiophene rings is 1. The van der Waals surface area contributed by atoms with E-state index in [-0.39, 0.29) is 28.9 Å². The molecule has 4 rings (SSSR count). The monoisotopic (exact) mass is 504 g/mol. The summed E-state index contributed by atoms with van der Waals surface area (Å²) in [5.74, 6) is -0.0610. The number of carbonyl (C=O) groups is 2. The SMILES string of the molecule is CN1CC[C@@H](N(C)C(=O)N2CC[C@H](N(C)C(=O)c3ccc(-c4ccc(S(C)(=O)=O)cc4)s3)C2)C1. The van der Waals surface area contributed by atoms with Crippen LogP contribution >= 0.6 is 11.3 Å². The lowest BCUT2D eigenvalue weighted by atomic mass is 10.2. The highest BCUT2D eigenvalue weighted by atomic mass is 32.2. The maximum Gasteiger partial charge on any atom is 0.320 e. The number of carbonyl (C=O) groups excluding carboxylic acids is 2. The van der Waals surface area contributed by atoms with Crippen molar-refractivity contribution >= 4 is 33.1 Å². The Balaban J connectivity index is 1.38. The molecule has 2 fully saturated rings. The molecule has 8 nitrogen and oxygen atoms in total. The summed E-state index contributed by atoms with van der Waals surface area (Å²) < 4.78 is 23.4. The molecule has 1 aromatic heterocycles. The van der Waals surface area contributed by atoms with E-state index in [4.69, 9.17) is 0 Å². The van der Waals surface area contributed by atoms with Crippen molar-refractivity contribution in [1.29, 1.82) is 0 Å². The van der Waals surface area contributed by atoms with Crippen LogP contribution in [0.2, 0.25) is 0 Å². The van der Waals surface area contributed by atoms with E-state index in [0.29, 0.717) is 18.0 Å². The number of urea groups is 1. The van der Waals surface area contributed by atoms with Crippen molar-refractivity contribution < 1.29 is 18.0 Å². The van der Waals surface area contributed by atoms with Crippen LogP contribution in [0.15, 0.2) is 41.3 Å². The molecule has 34 heavy (non-hydrogen) atoms. The first-order valence-corrected chi connectivity index (χ1v) is 14.1. The second kappa shape index (κ2) is 9.67. The van der Waals surface area contributed by atoms with Crippen LogP contribution in [0, 0.1) is 0 Å². The highest BCUT2D eigenvalue weighted by Crippen LogP contribution is 2.30. The molecule has 0 unspecified atom stereocenters. The Morgan fingerprint density at radius 1 is 0.941 bits per heavy atom. The van der Waals surface area contributed by atoms with Crippen LogP contribution < -0.4 is 0 Å². The molecule has 0 saturated carbocycles. The van der Waals surface area contributed by atoms with Gasteiger partial charge in [0.15, 0.2) is 9.84 Å². The normalized spacial score (nSPS) is 21.1. The van der Waals surface area contributed by atoms with Gasteiger partial charge in [-0.2, -0.15) is 0 Å². The molecular weight excluding hydrogens is 472 g/mol. The first kappa shape index (κ1) is 24.7. The molecule has 0 N–H and O–H groups in total. The van der Waals surface area contributed by atoms with Gasteiger partial charge in [-0.1, -0.05) is 12.1 Å². The Morgan fingerprint density at radius 2 is 1.59 bits per heavy atom. The van der Waals surface area contributed by atoms with Crippen LogP contribution in [0.25, 0.3) is 10.4 Å². The van der Waals surface area contributed by atoms with Gasteiger partial charge in [0, 0.05) is 50.9 Å².